The lowest BCUT2D eigenvalue weighted by Crippen LogP contribution is -2.13. The van der Waals surface area contributed by atoms with Crippen LogP contribution in [0.1, 0.15) is 16.7 Å². The summed E-state index contributed by atoms with van der Waals surface area (Å²) in [5.41, 5.74) is 3.54. The van der Waals surface area contributed by atoms with Crippen LogP contribution in [0.25, 0.3) is 6.08 Å². The number of ether oxygens (including phenoxy) is 2. The second kappa shape index (κ2) is 11.3. The van der Waals surface area contributed by atoms with Crippen LogP contribution < -0.4 is 14.8 Å². The van der Waals surface area contributed by atoms with E-state index in [1.54, 1.807) is 19.2 Å². The molecule has 0 saturated heterocycles. The van der Waals surface area contributed by atoms with Gasteiger partial charge in [0, 0.05) is 9.26 Å². The SMILES string of the molecule is COc1cc(/C=C(\C#N)C(=O)Nc2cccc(I)c2)cc(I)c1OCc1ccc(C)cc1. The Balaban J connectivity index is 1.81. The number of carbonyl (C=O) groups excluding carboxylic acids is 1. The van der Waals surface area contributed by atoms with Crippen molar-refractivity contribution < 1.29 is 14.3 Å². The smallest absolute Gasteiger partial charge is 0.266 e. The molecular weight excluding hydrogens is 630 g/mol. The summed E-state index contributed by atoms with van der Waals surface area (Å²) in [5, 5.41) is 12.3. The van der Waals surface area contributed by atoms with Crippen LogP contribution >= 0.6 is 45.2 Å². The Hall–Kier alpha value is -2.58. The van der Waals surface area contributed by atoms with Gasteiger partial charge in [-0.2, -0.15) is 5.26 Å². The molecular formula is C25H20I2N2O3. The largest absolute Gasteiger partial charge is 0.493 e. The first kappa shape index (κ1) is 24.1. The van der Waals surface area contributed by atoms with Crippen molar-refractivity contribution in [3.8, 4) is 17.6 Å². The van der Waals surface area contributed by atoms with Gasteiger partial charge in [-0.05, 0) is 99.6 Å². The number of nitriles is 1. The number of amides is 1. The fraction of sp³-hybridized carbons (Fsp3) is 0.120. The van der Waals surface area contributed by atoms with Crippen molar-refractivity contribution in [2.75, 3.05) is 12.4 Å². The maximum absolute atomic E-state index is 12.6. The van der Waals surface area contributed by atoms with Crippen molar-refractivity contribution in [1.82, 2.24) is 0 Å². The number of anilines is 1. The summed E-state index contributed by atoms with van der Waals surface area (Å²) in [5.74, 6) is 0.682. The molecule has 0 aliphatic heterocycles. The predicted octanol–water partition coefficient (Wildman–Crippen LogP) is 6.34. The van der Waals surface area contributed by atoms with Gasteiger partial charge in [-0.15, -0.1) is 0 Å². The van der Waals surface area contributed by atoms with Gasteiger partial charge in [0.2, 0.25) is 0 Å². The monoisotopic (exact) mass is 650 g/mol. The van der Waals surface area contributed by atoms with E-state index in [1.165, 1.54) is 11.6 Å². The van der Waals surface area contributed by atoms with Crippen LogP contribution in [0.5, 0.6) is 11.5 Å². The minimum absolute atomic E-state index is 0.00459. The van der Waals surface area contributed by atoms with Crippen LogP contribution in [0.3, 0.4) is 0 Å². The molecule has 32 heavy (non-hydrogen) atoms. The van der Waals surface area contributed by atoms with Crippen molar-refractivity contribution in [2.24, 2.45) is 0 Å². The first-order valence-electron chi connectivity index (χ1n) is 9.64. The zero-order valence-electron chi connectivity index (χ0n) is 17.5. The lowest BCUT2D eigenvalue weighted by Gasteiger charge is -2.14. The van der Waals surface area contributed by atoms with E-state index >= 15 is 0 Å². The molecule has 3 aromatic rings. The summed E-state index contributed by atoms with van der Waals surface area (Å²) in [4.78, 5) is 12.6. The number of hydrogen-bond acceptors (Lipinski definition) is 4. The Labute approximate surface area is 214 Å². The normalized spacial score (nSPS) is 10.9. The molecule has 0 saturated carbocycles. The zero-order valence-corrected chi connectivity index (χ0v) is 21.8. The quantitative estimate of drug-likeness (QED) is 0.184. The number of benzene rings is 3. The van der Waals surface area contributed by atoms with Crippen molar-refractivity contribution in [2.45, 2.75) is 13.5 Å². The molecule has 5 nitrogen and oxygen atoms in total. The molecule has 3 rings (SSSR count). The summed E-state index contributed by atoms with van der Waals surface area (Å²) in [6.45, 7) is 2.45. The standard InChI is InChI=1S/C25H20I2N2O3/c1-16-6-8-17(9-7-16)15-32-24-22(27)11-18(12-23(24)31-2)10-19(14-28)25(30)29-21-5-3-4-20(26)13-21/h3-13H,15H2,1-2H3,(H,29,30)/b19-10+. The average Bonchev–Trinajstić information content (AvgIpc) is 2.77. The van der Waals surface area contributed by atoms with Gasteiger partial charge in [-0.3, -0.25) is 4.79 Å². The van der Waals surface area contributed by atoms with Gasteiger partial charge in [0.05, 0.1) is 10.7 Å². The topological polar surface area (TPSA) is 71.3 Å². The molecule has 0 radical (unpaired) electrons. The number of carbonyl (C=O) groups is 1. The number of hydrogen-bond donors (Lipinski definition) is 1. The molecule has 1 amide bonds. The highest BCUT2D eigenvalue weighted by atomic mass is 127. The summed E-state index contributed by atoms with van der Waals surface area (Å²) >= 11 is 4.33. The van der Waals surface area contributed by atoms with E-state index in [1.807, 2.05) is 61.5 Å². The van der Waals surface area contributed by atoms with Gasteiger partial charge >= 0.3 is 0 Å². The first-order valence-corrected chi connectivity index (χ1v) is 11.8. The summed E-state index contributed by atoms with van der Waals surface area (Å²) in [6, 6.07) is 21.1. The first-order chi connectivity index (χ1) is 15.4. The van der Waals surface area contributed by atoms with E-state index in [0.29, 0.717) is 29.4 Å². The van der Waals surface area contributed by atoms with Crippen molar-refractivity contribution in [3.05, 3.63) is 90.1 Å². The third-order valence-electron chi connectivity index (χ3n) is 4.51. The number of rotatable bonds is 7. The summed E-state index contributed by atoms with van der Waals surface area (Å²) in [6.07, 6.45) is 1.54. The molecule has 0 unspecified atom stereocenters. The summed E-state index contributed by atoms with van der Waals surface area (Å²) in [7, 11) is 1.56. The van der Waals surface area contributed by atoms with Crippen LogP contribution in [0.2, 0.25) is 0 Å². The third-order valence-corrected chi connectivity index (χ3v) is 5.99. The Morgan fingerprint density at radius 1 is 1.12 bits per heavy atom. The zero-order chi connectivity index (χ0) is 23.1. The second-order valence-electron chi connectivity index (χ2n) is 6.94. The Morgan fingerprint density at radius 3 is 2.53 bits per heavy atom. The molecule has 0 heterocycles. The molecule has 162 valence electrons. The van der Waals surface area contributed by atoms with Gasteiger partial charge in [-0.25, -0.2) is 0 Å². The maximum atomic E-state index is 12.6. The molecule has 0 spiro atoms. The highest BCUT2D eigenvalue weighted by Crippen LogP contribution is 2.35. The molecule has 0 aromatic heterocycles. The van der Waals surface area contributed by atoms with Crippen molar-refractivity contribution in [3.63, 3.8) is 0 Å². The number of halogens is 2. The average molecular weight is 650 g/mol. The van der Waals surface area contributed by atoms with Gasteiger partial charge in [-0.1, -0.05) is 35.9 Å². The fourth-order valence-corrected chi connectivity index (χ4v) is 4.21. The minimum atomic E-state index is -0.469. The lowest BCUT2D eigenvalue weighted by molar-refractivity contribution is -0.112. The number of nitrogens with one attached hydrogen (secondary N) is 1. The highest BCUT2D eigenvalue weighted by molar-refractivity contribution is 14.1. The number of nitrogens with zero attached hydrogens (tertiary/aromatic N) is 1. The Kier molecular flexibility index (Phi) is 8.53. The van der Waals surface area contributed by atoms with Crippen molar-refractivity contribution >= 4 is 62.9 Å². The molecule has 0 bridgehead atoms. The van der Waals surface area contributed by atoms with Gasteiger partial charge in [0.25, 0.3) is 5.91 Å². The highest BCUT2D eigenvalue weighted by Gasteiger charge is 2.14. The number of aryl methyl sites for hydroxylation is 1. The van der Waals surface area contributed by atoms with Crippen LogP contribution in [0.4, 0.5) is 5.69 Å². The second-order valence-corrected chi connectivity index (χ2v) is 9.35. The lowest BCUT2D eigenvalue weighted by atomic mass is 10.1. The molecule has 1 N–H and O–H groups in total. The van der Waals surface area contributed by atoms with E-state index in [9.17, 15) is 10.1 Å². The van der Waals surface area contributed by atoms with Gasteiger partial charge in [0.1, 0.15) is 18.2 Å². The van der Waals surface area contributed by atoms with Crippen LogP contribution in [-0.4, -0.2) is 13.0 Å². The van der Waals surface area contributed by atoms with E-state index in [0.717, 1.165) is 12.7 Å². The molecule has 3 aromatic carbocycles. The Morgan fingerprint density at radius 2 is 1.88 bits per heavy atom. The predicted molar refractivity (Wildman–Crippen MR) is 143 cm³/mol. The van der Waals surface area contributed by atoms with Gasteiger partial charge in [0.15, 0.2) is 11.5 Å². The molecule has 0 aliphatic rings. The molecule has 7 heteroatoms. The van der Waals surface area contributed by atoms with Crippen LogP contribution in [0.15, 0.2) is 66.2 Å². The van der Waals surface area contributed by atoms with E-state index < -0.39 is 5.91 Å². The van der Waals surface area contributed by atoms with Crippen LogP contribution in [0, 0.1) is 25.4 Å². The van der Waals surface area contributed by atoms with E-state index in [-0.39, 0.29) is 5.57 Å². The summed E-state index contributed by atoms with van der Waals surface area (Å²) < 4.78 is 13.3. The van der Waals surface area contributed by atoms with E-state index in [4.69, 9.17) is 9.47 Å². The minimum Gasteiger partial charge on any atom is -0.493 e. The van der Waals surface area contributed by atoms with Crippen molar-refractivity contribution in [1.29, 1.82) is 5.26 Å². The third kappa shape index (κ3) is 6.46. The van der Waals surface area contributed by atoms with Gasteiger partial charge < -0.3 is 14.8 Å². The fourth-order valence-electron chi connectivity index (χ4n) is 2.88. The van der Waals surface area contributed by atoms with Crippen LogP contribution in [-0.2, 0) is 11.4 Å². The maximum Gasteiger partial charge on any atom is 0.266 e. The molecule has 0 aliphatic carbocycles. The Bertz CT molecular complexity index is 1200. The number of methoxy groups -OCH3 is 1. The van der Waals surface area contributed by atoms with E-state index in [2.05, 4.69) is 50.5 Å². The molecule has 0 fully saturated rings. The molecule has 0 atom stereocenters.